The van der Waals surface area contributed by atoms with Crippen LogP contribution < -0.4 is 4.90 Å². The number of aryl methyl sites for hydroxylation is 1. The molecule has 176 valence electrons. The number of nitrogens with zero attached hydrogens (tertiary/aromatic N) is 3. The van der Waals surface area contributed by atoms with Crippen LogP contribution in [-0.2, 0) is 17.4 Å². The lowest BCUT2D eigenvalue weighted by Gasteiger charge is -2.26. The van der Waals surface area contributed by atoms with Gasteiger partial charge in [-0.3, -0.25) is 14.9 Å². The summed E-state index contributed by atoms with van der Waals surface area (Å²) in [4.78, 5) is 18.1. The van der Waals surface area contributed by atoms with Crippen molar-refractivity contribution in [3.8, 4) is 0 Å². The van der Waals surface area contributed by atoms with Crippen molar-refractivity contribution >= 4 is 22.5 Å². The number of carbonyl (C=O) groups is 1. The molecule has 1 unspecified atom stereocenters. The molecule has 0 aliphatic carbocycles. The smallest absolute Gasteiger partial charge is 0.378 e. The summed E-state index contributed by atoms with van der Waals surface area (Å²) in [6, 6.07) is 12.2. The van der Waals surface area contributed by atoms with E-state index >= 15 is 0 Å². The average Bonchev–Trinajstić information content (AvgIpc) is 3.19. The molecule has 4 rings (SSSR count). The number of amides is 1. The second kappa shape index (κ2) is 9.22. The number of aromatic nitrogens is 3. The lowest BCUT2D eigenvalue weighted by atomic mass is 10.1. The van der Waals surface area contributed by atoms with E-state index in [2.05, 4.69) is 15.2 Å². The van der Waals surface area contributed by atoms with Gasteiger partial charge in [-0.2, -0.15) is 18.3 Å². The quantitative estimate of drug-likeness (QED) is 0.398. The maximum absolute atomic E-state index is 13.3. The van der Waals surface area contributed by atoms with E-state index in [1.165, 1.54) is 23.1 Å². The van der Waals surface area contributed by atoms with E-state index in [9.17, 15) is 27.5 Å². The van der Waals surface area contributed by atoms with Gasteiger partial charge in [-0.15, -0.1) is 0 Å². The summed E-state index contributed by atoms with van der Waals surface area (Å²) in [6.45, 7) is 1.89. The summed E-state index contributed by atoms with van der Waals surface area (Å²) in [6.07, 6.45) is -4.80. The van der Waals surface area contributed by atoms with Crippen molar-refractivity contribution in [3.05, 3.63) is 89.1 Å². The number of anilines is 1. The number of alkyl halides is 3. The van der Waals surface area contributed by atoms with E-state index in [-0.39, 0.29) is 18.5 Å². The van der Waals surface area contributed by atoms with Gasteiger partial charge in [-0.05, 0) is 60.9 Å². The van der Waals surface area contributed by atoms with E-state index in [1.807, 2.05) is 6.92 Å². The maximum atomic E-state index is 13.3. The number of aliphatic hydroxyl groups excluding tert-OH is 1. The minimum atomic E-state index is -4.54. The number of fused-ring (bicyclic) bond motifs is 1. The highest BCUT2D eigenvalue weighted by Crippen LogP contribution is 2.28. The first-order valence-corrected chi connectivity index (χ1v) is 10.4. The number of benzene rings is 2. The Kier molecular flexibility index (Phi) is 6.34. The molecule has 4 aromatic rings. The van der Waals surface area contributed by atoms with Crippen molar-refractivity contribution in [1.82, 2.24) is 15.2 Å². The molecule has 1 atom stereocenters. The monoisotopic (exact) mass is 472 g/mol. The SMILES string of the molecule is Cc1[nH]nc2ccc(N(CCc3ccc(C(F)(F)F)nc3)C(=O)C(O)c3ccc(F)cc3)cc12. The van der Waals surface area contributed by atoms with E-state index < -0.39 is 29.7 Å². The van der Waals surface area contributed by atoms with Crippen molar-refractivity contribution in [2.45, 2.75) is 25.6 Å². The first kappa shape index (κ1) is 23.4. The molecule has 2 aromatic carbocycles. The summed E-state index contributed by atoms with van der Waals surface area (Å²) in [5.74, 6) is -1.16. The third kappa shape index (κ3) is 4.91. The van der Waals surface area contributed by atoms with Gasteiger partial charge in [0.15, 0.2) is 6.10 Å². The van der Waals surface area contributed by atoms with Crippen LogP contribution in [0.25, 0.3) is 10.9 Å². The highest BCUT2D eigenvalue weighted by atomic mass is 19.4. The Morgan fingerprint density at radius 2 is 1.85 bits per heavy atom. The molecular weight excluding hydrogens is 452 g/mol. The number of nitrogens with one attached hydrogen (secondary N) is 1. The molecule has 10 heteroatoms. The fraction of sp³-hybridized carbons (Fsp3) is 0.208. The Morgan fingerprint density at radius 1 is 1.12 bits per heavy atom. The highest BCUT2D eigenvalue weighted by Gasteiger charge is 2.32. The molecule has 34 heavy (non-hydrogen) atoms. The van der Waals surface area contributed by atoms with E-state index in [1.54, 1.807) is 18.2 Å². The Balaban J connectivity index is 1.63. The van der Waals surface area contributed by atoms with Crippen molar-refractivity contribution in [1.29, 1.82) is 0 Å². The molecule has 0 saturated carbocycles. The number of hydrogen-bond acceptors (Lipinski definition) is 4. The van der Waals surface area contributed by atoms with Crippen molar-refractivity contribution in [2.75, 3.05) is 11.4 Å². The molecule has 2 aromatic heterocycles. The third-order valence-electron chi connectivity index (χ3n) is 5.46. The summed E-state index contributed by atoms with van der Waals surface area (Å²) in [7, 11) is 0. The van der Waals surface area contributed by atoms with Gasteiger partial charge in [-0.1, -0.05) is 18.2 Å². The second-order valence-electron chi connectivity index (χ2n) is 7.79. The normalized spacial score (nSPS) is 12.6. The molecule has 0 spiro atoms. The van der Waals surface area contributed by atoms with Gasteiger partial charge < -0.3 is 10.0 Å². The van der Waals surface area contributed by atoms with Gasteiger partial charge in [0.25, 0.3) is 5.91 Å². The van der Waals surface area contributed by atoms with Crippen LogP contribution in [0, 0.1) is 12.7 Å². The van der Waals surface area contributed by atoms with Gasteiger partial charge in [0.2, 0.25) is 0 Å². The van der Waals surface area contributed by atoms with Crippen molar-refractivity contribution < 1.29 is 27.5 Å². The number of pyridine rings is 1. The van der Waals surface area contributed by atoms with Gasteiger partial charge >= 0.3 is 6.18 Å². The van der Waals surface area contributed by atoms with Gasteiger partial charge in [-0.25, -0.2) is 4.39 Å². The fourth-order valence-corrected chi connectivity index (χ4v) is 3.58. The number of carbonyl (C=O) groups excluding carboxylic acids is 1. The second-order valence-corrected chi connectivity index (χ2v) is 7.79. The van der Waals surface area contributed by atoms with Crippen LogP contribution in [-0.4, -0.2) is 32.7 Å². The van der Waals surface area contributed by atoms with E-state index in [0.717, 1.165) is 35.5 Å². The van der Waals surface area contributed by atoms with Crippen LogP contribution in [0.4, 0.5) is 23.2 Å². The van der Waals surface area contributed by atoms with Crippen LogP contribution in [0.15, 0.2) is 60.8 Å². The van der Waals surface area contributed by atoms with Crippen molar-refractivity contribution in [2.24, 2.45) is 0 Å². The van der Waals surface area contributed by atoms with Gasteiger partial charge in [0.1, 0.15) is 11.5 Å². The van der Waals surface area contributed by atoms with Crippen LogP contribution in [0.2, 0.25) is 0 Å². The Bertz CT molecular complexity index is 1300. The summed E-state index contributed by atoms with van der Waals surface area (Å²) in [5.41, 5.74) is 1.66. The number of aliphatic hydroxyl groups is 1. The Morgan fingerprint density at radius 3 is 2.50 bits per heavy atom. The number of hydrogen-bond donors (Lipinski definition) is 2. The van der Waals surface area contributed by atoms with Gasteiger partial charge in [0.05, 0.1) is 5.52 Å². The first-order chi connectivity index (χ1) is 16.1. The largest absolute Gasteiger partial charge is 0.433 e. The number of halogens is 4. The van der Waals surface area contributed by atoms with Crippen LogP contribution in [0.1, 0.15) is 28.6 Å². The van der Waals surface area contributed by atoms with E-state index in [0.29, 0.717) is 16.8 Å². The maximum Gasteiger partial charge on any atom is 0.433 e. The first-order valence-electron chi connectivity index (χ1n) is 10.4. The predicted octanol–water partition coefficient (Wildman–Crippen LogP) is 4.73. The number of H-pyrrole nitrogens is 1. The van der Waals surface area contributed by atoms with Crippen molar-refractivity contribution in [3.63, 3.8) is 0 Å². The topological polar surface area (TPSA) is 82.1 Å². The average molecular weight is 472 g/mol. The predicted molar refractivity (Wildman–Crippen MR) is 117 cm³/mol. The number of rotatable bonds is 6. The number of aromatic amines is 1. The Labute approximate surface area is 191 Å². The molecular formula is C24H20F4N4O2. The van der Waals surface area contributed by atoms with Crippen LogP contribution in [0.3, 0.4) is 0 Å². The molecule has 0 fully saturated rings. The molecule has 0 aliphatic heterocycles. The lowest BCUT2D eigenvalue weighted by molar-refractivity contribution is -0.141. The summed E-state index contributed by atoms with van der Waals surface area (Å²) >= 11 is 0. The molecule has 6 nitrogen and oxygen atoms in total. The standard InChI is InChI=1S/C24H20F4N4O2/c1-14-19-12-18(7-8-20(19)31-30-14)32(23(34)22(33)16-3-5-17(25)6-4-16)11-10-15-2-9-21(29-13-15)24(26,27)28/h2-9,12-13,22,33H,10-11H2,1H3,(H,30,31). The van der Waals surface area contributed by atoms with Crippen LogP contribution in [0.5, 0.6) is 0 Å². The van der Waals surface area contributed by atoms with Gasteiger partial charge in [0, 0.05) is 29.5 Å². The fourth-order valence-electron chi connectivity index (χ4n) is 3.58. The zero-order valence-corrected chi connectivity index (χ0v) is 18.0. The van der Waals surface area contributed by atoms with E-state index in [4.69, 9.17) is 0 Å². The molecule has 0 saturated heterocycles. The molecule has 2 N–H and O–H groups in total. The zero-order valence-electron chi connectivity index (χ0n) is 18.0. The minimum absolute atomic E-state index is 0.0620. The molecule has 0 radical (unpaired) electrons. The minimum Gasteiger partial charge on any atom is -0.378 e. The Hall–Kier alpha value is -3.79. The zero-order chi connectivity index (χ0) is 24.5. The summed E-state index contributed by atoms with van der Waals surface area (Å²) < 4.78 is 51.7. The van der Waals surface area contributed by atoms with Crippen LogP contribution >= 0.6 is 0 Å². The molecule has 2 heterocycles. The molecule has 0 bridgehead atoms. The highest BCUT2D eigenvalue weighted by molar-refractivity contribution is 5.99. The molecule has 1 amide bonds. The third-order valence-corrected chi connectivity index (χ3v) is 5.46. The summed E-state index contributed by atoms with van der Waals surface area (Å²) in [5, 5.41) is 18.5. The molecule has 0 aliphatic rings. The lowest BCUT2D eigenvalue weighted by Crippen LogP contribution is -2.37.